The normalized spacial score (nSPS) is 10.5. The molecule has 1 heterocycles. The lowest BCUT2D eigenvalue weighted by molar-refractivity contribution is 0.0951. The van der Waals surface area contributed by atoms with Crippen molar-refractivity contribution in [3.63, 3.8) is 0 Å². The van der Waals surface area contributed by atoms with Crippen LogP contribution >= 0.6 is 27.7 Å². The van der Waals surface area contributed by atoms with E-state index < -0.39 is 5.76 Å². The van der Waals surface area contributed by atoms with Crippen molar-refractivity contribution >= 4 is 33.6 Å². The third-order valence-electron chi connectivity index (χ3n) is 2.54. The van der Waals surface area contributed by atoms with Gasteiger partial charge in [0.2, 0.25) is 0 Å². The fraction of sp³-hybridized carbons (Fsp3) is 0.250. The highest BCUT2D eigenvalue weighted by molar-refractivity contribution is 9.10. The number of hydrogen-bond acceptors (Lipinski definition) is 5. The Balaban J connectivity index is 1.96. The average molecular weight is 358 g/mol. The summed E-state index contributed by atoms with van der Waals surface area (Å²) in [6.07, 6.45) is 2.32. The monoisotopic (exact) mass is 357 g/mol. The Morgan fingerprint density at radius 3 is 3.00 bits per heavy atom. The Labute approximate surface area is 127 Å². The third-order valence-corrected chi connectivity index (χ3v) is 3.81. The molecule has 0 spiro atoms. The van der Waals surface area contributed by atoms with Crippen LogP contribution in [0.15, 0.2) is 36.9 Å². The summed E-state index contributed by atoms with van der Waals surface area (Å²) in [5.41, 5.74) is 0.620. The number of aromatic nitrogens is 2. The van der Waals surface area contributed by atoms with Crippen LogP contribution in [0.4, 0.5) is 0 Å². The van der Waals surface area contributed by atoms with E-state index in [1.807, 2.05) is 18.4 Å². The van der Waals surface area contributed by atoms with Crippen molar-refractivity contribution in [1.82, 2.24) is 15.5 Å². The minimum atomic E-state index is -0.594. The van der Waals surface area contributed by atoms with Gasteiger partial charge in [-0.1, -0.05) is 21.1 Å². The van der Waals surface area contributed by atoms with E-state index in [9.17, 15) is 9.59 Å². The molecule has 6 nitrogen and oxygen atoms in total. The van der Waals surface area contributed by atoms with Gasteiger partial charge in [-0.05, 0) is 24.5 Å². The summed E-state index contributed by atoms with van der Waals surface area (Å²) in [5.74, 6) is -0.340. The molecule has 0 saturated carbocycles. The van der Waals surface area contributed by atoms with Gasteiger partial charge in [0.25, 0.3) is 5.91 Å². The van der Waals surface area contributed by atoms with Crippen molar-refractivity contribution in [2.45, 2.75) is 11.3 Å². The van der Waals surface area contributed by atoms with Crippen LogP contribution in [0.5, 0.6) is 0 Å². The zero-order chi connectivity index (χ0) is 14.5. The highest BCUT2D eigenvalue weighted by Crippen LogP contribution is 2.24. The summed E-state index contributed by atoms with van der Waals surface area (Å²) in [5, 5.41) is 6.31. The van der Waals surface area contributed by atoms with Gasteiger partial charge < -0.3 is 5.32 Å². The van der Waals surface area contributed by atoms with Crippen LogP contribution in [0.1, 0.15) is 16.2 Å². The van der Waals surface area contributed by atoms with Crippen LogP contribution < -0.4 is 11.1 Å². The van der Waals surface area contributed by atoms with E-state index in [4.69, 9.17) is 0 Å². The number of thioether (sulfide) groups is 1. The standard InChI is InChI=1S/C12H12BrN3O3S/c1-20-9-6-7(13)2-3-8(9)11(17)14-5-4-10-15-12(18)19-16-10/h2-3,6H,4-5H2,1H3,(H,14,17)(H,15,16,18). The summed E-state index contributed by atoms with van der Waals surface area (Å²) in [7, 11) is 0. The Kier molecular flexibility index (Phi) is 5.02. The van der Waals surface area contributed by atoms with Crippen molar-refractivity contribution in [2.24, 2.45) is 0 Å². The maximum Gasteiger partial charge on any atom is 0.438 e. The molecule has 0 saturated heterocycles. The van der Waals surface area contributed by atoms with Crippen LogP contribution in [0, 0.1) is 0 Å². The second kappa shape index (κ2) is 6.76. The summed E-state index contributed by atoms with van der Waals surface area (Å²) in [6.45, 7) is 0.366. The van der Waals surface area contributed by atoms with Crippen LogP contribution in [0.25, 0.3) is 0 Å². The summed E-state index contributed by atoms with van der Waals surface area (Å²) in [6, 6.07) is 5.49. The number of carbonyl (C=O) groups excluding carboxylic acids is 1. The highest BCUT2D eigenvalue weighted by atomic mass is 79.9. The van der Waals surface area contributed by atoms with E-state index in [0.717, 1.165) is 9.37 Å². The fourth-order valence-electron chi connectivity index (χ4n) is 1.61. The molecule has 0 unspecified atom stereocenters. The van der Waals surface area contributed by atoms with E-state index in [0.29, 0.717) is 24.4 Å². The summed E-state index contributed by atoms with van der Waals surface area (Å²) in [4.78, 5) is 26.1. The molecule has 0 fully saturated rings. The second-order valence-corrected chi connectivity index (χ2v) is 5.66. The predicted octanol–water partition coefficient (Wildman–Crippen LogP) is 1.82. The molecule has 0 aliphatic heterocycles. The Morgan fingerprint density at radius 2 is 2.35 bits per heavy atom. The molecule has 106 valence electrons. The molecule has 0 bridgehead atoms. The second-order valence-electron chi connectivity index (χ2n) is 3.89. The van der Waals surface area contributed by atoms with Gasteiger partial charge in [-0.2, -0.15) is 0 Å². The molecule has 0 radical (unpaired) electrons. The number of H-pyrrole nitrogens is 1. The first-order valence-electron chi connectivity index (χ1n) is 5.77. The molecular weight excluding hydrogens is 346 g/mol. The fourth-order valence-corrected chi connectivity index (χ4v) is 2.75. The topological polar surface area (TPSA) is 88.0 Å². The van der Waals surface area contributed by atoms with Crippen molar-refractivity contribution in [1.29, 1.82) is 0 Å². The maximum absolute atomic E-state index is 12.1. The number of aromatic amines is 1. The molecule has 0 atom stereocenters. The maximum atomic E-state index is 12.1. The van der Waals surface area contributed by atoms with E-state index in [1.165, 1.54) is 11.8 Å². The number of hydrogen-bond donors (Lipinski definition) is 2. The first kappa shape index (κ1) is 14.9. The Morgan fingerprint density at radius 1 is 1.55 bits per heavy atom. The van der Waals surface area contributed by atoms with Gasteiger partial charge in [-0.3, -0.25) is 14.3 Å². The van der Waals surface area contributed by atoms with Gasteiger partial charge in [0.15, 0.2) is 5.82 Å². The molecule has 0 aliphatic rings. The zero-order valence-electron chi connectivity index (χ0n) is 10.6. The first-order chi connectivity index (χ1) is 9.60. The lowest BCUT2D eigenvalue weighted by Crippen LogP contribution is -2.26. The molecule has 0 aliphatic carbocycles. The molecule has 8 heteroatoms. The van der Waals surface area contributed by atoms with Crippen molar-refractivity contribution in [3.8, 4) is 0 Å². The zero-order valence-corrected chi connectivity index (χ0v) is 13.0. The predicted molar refractivity (Wildman–Crippen MR) is 79.1 cm³/mol. The number of nitrogens with zero attached hydrogens (tertiary/aromatic N) is 1. The number of benzene rings is 1. The van der Waals surface area contributed by atoms with Crippen LogP contribution in [0.2, 0.25) is 0 Å². The van der Waals surface area contributed by atoms with Crippen molar-refractivity contribution < 1.29 is 9.32 Å². The first-order valence-corrected chi connectivity index (χ1v) is 7.78. The van der Waals surface area contributed by atoms with Crippen LogP contribution in [0.3, 0.4) is 0 Å². The lowest BCUT2D eigenvalue weighted by atomic mass is 10.2. The minimum absolute atomic E-state index is 0.160. The minimum Gasteiger partial charge on any atom is -0.352 e. The molecule has 2 rings (SSSR count). The van der Waals surface area contributed by atoms with Gasteiger partial charge in [0.05, 0.1) is 5.56 Å². The Hall–Kier alpha value is -1.54. The average Bonchev–Trinajstić information content (AvgIpc) is 2.84. The molecule has 2 aromatic rings. The van der Waals surface area contributed by atoms with Gasteiger partial charge in [0.1, 0.15) is 0 Å². The highest BCUT2D eigenvalue weighted by Gasteiger charge is 2.11. The molecule has 1 aromatic carbocycles. The molecule has 1 aromatic heterocycles. The van der Waals surface area contributed by atoms with Gasteiger partial charge >= 0.3 is 5.76 Å². The van der Waals surface area contributed by atoms with E-state index in [2.05, 4.69) is 35.9 Å². The van der Waals surface area contributed by atoms with Crippen molar-refractivity contribution in [3.05, 3.63) is 44.6 Å². The third kappa shape index (κ3) is 3.73. The smallest absolute Gasteiger partial charge is 0.352 e. The lowest BCUT2D eigenvalue weighted by Gasteiger charge is -2.08. The van der Waals surface area contributed by atoms with E-state index in [1.54, 1.807) is 6.07 Å². The number of amides is 1. The quantitative estimate of drug-likeness (QED) is 0.796. The summed E-state index contributed by atoms with van der Waals surface area (Å²) >= 11 is 4.88. The van der Waals surface area contributed by atoms with Crippen LogP contribution in [-0.2, 0) is 6.42 Å². The summed E-state index contributed by atoms with van der Waals surface area (Å²) < 4.78 is 5.30. The molecule has 2 N–H and O–H groups in total. The SMILES string of the molecule is CSc1cc(Br)ccc1C(=O)NCCc1noc(=O)[nH]1. The number of rotatable bonds is 5. The molecule has 1 amide bonds. The Bertz CT molecular complexity index is 668. The van der Waals surface area contributed by atoms with E-state index in [-0.39, 0.29) is 5.91 Å². The number of carbonyl (C=O) groups is 1. The number of nitrogens with one attached hydrogen (secondary N) is 2. The van der Waals surface area contributed by atoms with Gasteiger partial charge in [0, 0.05) is 22.3 Å². The van der Waals surface area contributed by atoms with Crippen LogP contribution in [-0.4, -0.2) is 28.8 Å². The largest absolute Gasteiger partial charge is 0.438 e. The van der Waals surface area contributed by atoms with Crippen molar-refractivity contribution in [2.75, 3.05) is 12.8 Å². The molecule has 20 heavy (non-hydrogen) atoms. The van der Waals surface area contributed by atoms with Gasteiger partial charge in [-0.15, -0.1) is 11.8 Å². The molecular formula is C12H12BrN3O3S. The van der Waals surface area contributed by atoms with E-state index >= 15 is 0 Å². The number of halogens is 1. The van der Waals surface area contributed by atoms with Gasteiger partial charge in [-0.25, -0.2) is 4.79 Å².